The molecule has 5 aromatic carbocycles. The molecule has 0 amide bonds. The van der Waals surface area contributed by atoms with E-state index in [1.807, 2.05) is 0 Å². The van der Waals surface area contributed by atoms with E-state index in [4.69, 9.17) is 9.97 Å². The Kier molecular flexibility index (Phi) is 9.28. The Morgan fingerprint density at radius 2 is 1.25 bits per heavy atom. The lowest BCUT2D eigenvalue weighted by Crippen LogP contribution is -2.68. The summed E-state index contributed by atoms with van der Waals surface area (Å²) in [5.41, 5.74) is 12.9. The van der Waals surface area contributed by atoms with Gasteiger partial charge in [0.2, 0.25) is 5.69 Å². The molecule has 3 nitrogen and oxygen atoms in total. The van der Waals surface area contributed by atoms with Gasteiger partial charge >= 0.3 is 0 Å². The molecule has 1 aliphatic heterocycles. The Morgan fingerprint density at radius 1 is 0.566 bits per heavy atom. The number of benzene rings is 5. The monoisotopic (exact) mass is 692 g/mol. The van der Waals surface area contributed by atoms with Crippen LogP contribution in [0.4, 0.5) is 0 Å². The number of rotatable bonds is 10. The molecule has 3 heteroatoms. The zero-order valence-corrected chi connectivity index (χ0v) is 31.9. The summed E-state index contributed by atoms with van der Waals surface area (Å²) in [6.07, 6.45) is 9.00. The molecule has 53 heavy (non-hydrogen) atoms. The van der Waals surface area contributed by atoms with Gasteiger partial charge in [-0.05, 0) is 84.2 Å². The molecule has 0 fully saturated rings. The van der Waals surface area contributed by atoms with Gasteiger partial charge in [0.25, 0.3) is 0 Å². The molecule has 8 rings (SSSR count). The third-order valence-electron chi connectivity index (χ3n) is 12.4. The minimum absolute atomic E-state index is 0.0239. The Hall–Kier alpha value is -5.41. The third kappa shape index (κ3) is 5.87. The first-order chi connectivity index (χ1) is 25.9. The zero-order chi connectivity index (χ0) is 36.6. The second kappa shape index (κ2) is 14.2. The van der Waals surface area contributed by atoms with Crippen molar-refractivity contribution < 1.29 is 4.57 Å². The average Bonchev–Trinajstić information content (AvgIpc) is 3.23. The van der Waals surface area contributed by atoms with Crippen molar-refractivity contribution in [3.63, 3.8) is 0 Å². The van der Waals surface area contributed by atoms with Crippen molar-refractivity contribution in [3.8, 4) is 56.3 Å². The summed E-state index contributed by atoms with van der Waals surface area (Å²) in [6.45, 7) is 11.9. The number of pyridine rings is 1. The first kappa shape index (κ1) is 34.7. The summed E-state index contributed by atoms with van der Waals surface area (Å²) in [5.74, 6) is 0.737. The lowest BCUT2D eigenvalue weighted by Gasteiger charge is -2.48. The van der Waals surface area contributed by atoms with Crippen LogP contribution in [0.1, 0.15) is 77.8 Å². The Morgan fingerprint density at radius 3 is 2.02 bits per heavy atom. The quantitative estimate of drug-likeness (QED) is 0.134. The second-order valence-electron chi connectivity index (χ2n) is 15.0. The molecule has 0 N–H and O–H groups in total. The Balaban J connectivity index is 1.28. The van der Waals surface area contributed by atoms with Gasteiger partial charge in [-0.15, -0.1) is 0 Å². The maximum Gasteiger partial charge on any atom is 0.221 e. The molecule has 0 spiro atoms. The van der Waals surface area contributed by atoms with Crippen LogP contribution in [0.25, 0.3) is 67.1 Å². The molecule has 7 aromatic rings. The topological polar surface area (TPSA) is 29.7 Å². The standard InChI is InChI=1S/C50H50N3/c1-6-10-18-35-19-16-24-40(31-35)46-34-45(37-21-12-11-13-22-37)51-48(52-46)41-25-17-23-38(32-41)39-27-28-44-43(33-39)47-42-26-15-14-20-36(42)29-30-53(47)50(8-3,9-4)49(44,5)7-2/h11-17,19-34H,6-10,18H2,1-5H3/q+1. The van der Waals surface area contributed by atoms with Gasteiger partial charge in [0.05, 0.1) is 27.8 Å². The molecular formula is C50H50N3+. The van der Waals surface area contributed by atoms with E-state index < -0.39 is 0 Å². The van der Waals surface area contributed by atoms with Crippen LogP contribution >= 0.6 is 0 Å². The van der Waals surface area contributed by atoms with Crippen molar-refractivity contribution >= 4 is 10.8 Å². The SMILES string of the molecule is CCCCc1cccc(-c2cc(-c3ccccc3)nc(-c3cccc(-c4ccc5c(c4)-c4c6ccccc6cc[n+]4C(CC)(CC)C5(C)CC)c3)n2)c1. The van der Waals surface area contributed by atoms with Gasteiger partial charge in [0.15, 0.2) is 17.6 Å². The van der Waals surface area contributed by atoms with Crippen molar-refractivity contribution in [2.75, 3.05) is 0 Å². The van der Waals surface area contributed by atoms with E-state index in [0.717, 1.165) is 65.1 Å². The number of unbranched alkanes of at least 4 members (excludes halogenated alkanes) is 1. The summed E-state index contributed by atoms with van der Waals surface area (Å²) in [5, 5.41) is 2.59. The molecule has 264 valence electrons. The van der Waals surface area contributed by atoms with E-state index in [1.165, 1.54) is 51.6 Å². The van der Waals surface area contributed by atoms with E-state index in [9.17, 15) is 0 Å². The van der Waals surface area contributed by atoms with Crippen molar-refractivity contribution in [3.05, 3.63) is 151 Å². The lowest BCUT2D eigenvalue weighted by atomic mass is 9.58. The number of fused-ring (bicyclic) bond motifs is 5. The molecule has 0 radical (unpaired) electrons. The summed E-state index contributed by atoms with van der Waals surface area (Å²) < 4.78 is 2.64. The van der Waals surface area contributed by atoms with Crippen molar-refractivity contribution in [1.29, 1.82) is 0 Å². The van der Waals surface area contributed by atoms with Gasteiger partial charge < -0.3 is 0 Å². The van der Waals surface area contributed by atoms with E-state index in [0.29, 0.717) is 0 Å². The van der Waals surface area contributed by atoms with Crippen LogP contribution in [0.3, 0.4) is 0 Å². The first-order valence-electron chi connectivity index (χ1n) is 19.7. The highest BCUT2D eigenvalue weighted by molar-refractivity contribution is 5.95. The van der Waals surface area contributed by atoms with Crippen LogP contribution in [-0.2, 0) is 17.4 Å². The van der Waals surface area contributed by atoms with E-state index in [1.54, 1.807) is 0 Å². The average molecular weight is 693 g/mol. The van der Waals surface area contributed by atoms with Gasteiger partial charge in [0.1, 0.15) is 0 Å². The number of aryl methyl sites for hydroxylation is 1. The largest absolute Gasteiger partial charge is 0.228 e. The lowest BCUT2D eigenvalue weighted by molar-refractivity contribution is -0.768. The van der Waals surface area contributed by atoms with Crippen LogP contribution < -0.4 is 4.57 Å². The molecule has 1 atom stereocenters. The maximum atomic E-state index is 5.24. The first-order valence-corrected chi connectivity index (χ1v) is 19.7. The predicted octanol–water partition coefficient (Wildman–Crippen LogP) is 12.8. The van der Waals surface area contributed by atoms with Crippen molar-refractivity contribution in [2.24, 2.45) is 0 Å². The number of aromatic nitrogens is 3. The van der Waals surface area contributed by atoms with E-state index in [2.05, 4.69) is 179 Å². The highest BCUT2D eigenvalue weighted by Crippen LogP contribution is 2.53. The van der Waals surface area contributed by atoms with Gasteiger partial charge in [0, 0.05) is 35.6 Å². The van der Waals surface area contributed by atoms with Crippen molar-refractivity contribution in [2.45, 2.75) is 84.1 Å². The third-order valence-corrected chi connectivity index (χ3v) is 12.4. The molecule has 0 bridgehead atoms. The molecule has 1 unspecified atom stereocenters. The van der Waals surface area contributed by atoms with Gasteiger partial charge in [-0.3, -0.25) is 0 Å². The maximum absolute atomic E-state index is 5.24. The van der Waals surface area contributed by atoms with Crippen LogP contribution in [0.2, 0.25) is 0 Å². The fraction of sp³-hybridized carbons (Fsp3) is 0.260. The molecule has 0 aliphatic carbocycles. The minimum atomic E-state index is -0.0255. The molecule has 0 saturated carbocycles. The normalized spacial score (nSPS) is 15.9. The molecule has 3 heterocycles. The molecular weight excluding hydrogens is 643 g/mol. The molecule has 2 aromatic heterocycles. The van der Waals surface area contributed by atoms with E-state index in [-0.39, 0.29) is 11.0 Å². The van der Waals surface area contributed by atoms with Gasteiger partial charge in [-0.2, -0.15) is 4.57 Å². The van der Waals surface area contributed by atoms with Crippen LogP contribution in [0.15, 0.2) is 140 Å². The smallest absolute Gasteiger partial charge is 0.221 e. The van der Waals surface area contributed by atoms with Gasteiger partial charge in [-0.1, -0.05) is 131 Å². The predicted molar refractivity (Wildman–Crippen MR) is 222 cm³/mol. The Labute approximate surface area is 315 Å². The molecule has 0 saturated heterocycles. The second-order valence-corrected chi connectivity index (χ2v) is 15.0. The highest BCUT2D eigenvalue weighted by atomic mass is 15.1. The fourth-order valence-corrected chi connectivity index (χ4v) is 9.24. The number of hydrogen-bond donors (Lipinski definition) is 0. The summed E-state index contributed by atoms with van der Waals surface area (Å²) in [6, 6.07) is 48.7. The summed E-state index contributed by atoms with van der Waals surface area (Å²) in [4.78, 5) is 10.4. The summed E-state index contributed by atoms with van der Waals surface area (Å²) >= 11 is 0. The van der Waals surface area contributed by atoms with Gasteiger partial charge in [-0.25, -0.2) is 9.97 Å². The molecule has 1 aliphatic rings. The fourth-order valence-electron chi connectivity index (χ4n) is 9.24. The highest BCUT2D eigenvalue weighted by Gasteiger charge is 2.58. The van der Waals surface area contributed by atoms with Crippen molar-refractivity contribution in [1.82, 2.24) is 9.97 Å². The van der Waals surface area contributed by atoms with Crippen LogP contribution in [-0.4, -0.2) is 9.97 Å². The Bertz CT molecular complexity index is 2420. The number of hydrogen-bond acceptors (Lipinski definition) is 2. The van der Waals surface area contributed by atoms with E-state index >= 15 is 0 Å². The summed E-state index contributed by atoms with van der Waals surface area (Å²) in [7, 11) is 0. The number of nitrogens with zero attached hydrogens (tertiary/aromatic N) is 3. The van der Waals surface area contributed by atoms with Crippen LogP contribution in [0, 0.1) is 0 Å². The zero-order valence-electron chi connectivity index (χ0n) is 31.9. The minimum Gasteiger partial charge on any atom is -0.228 e. The van der Waals surface area contributed by atoms with Crippen LogP contribution in [0.5, 0.6) is 0 Å².